The Balaban J connectivity index is 1.87. The highest BCUT2D eigenvalue weighted by Gasteiger charge is 2.41. The second kappa shape index (κ2) is 32.3. The van der Waals surface area contributed by atoms with Crippen LogP contribution >= 0.6 is 0 Å². The number of carbonyl (C=O) groups excluding carboxylic acids is 6. The van der Waals surface area contributed by atoms with Crippen LogP contribution in [0.15, 0.2) is 130 Å². The molecule has 0 spiro atoms. The minimum absolute atomic E-state index is 0.277. The number of hydrogen-bond donors (Lipinski definition) is 8. The fraction of sp³-hybridized carbons (Fsp3) is 0.483. The number of ether oxygens (including phenoxy) is 2. The number of hydrogen-bond acceptors (Lipinski definition) is 12. The first-order valence-corrected chi connectivity index (χ1v) is 25.6. The number of unbranched alkanes of at least 4 members (excludes halogenated alkanes) is 2. The van der Waals surface area contributed by atoms with E-state index in [1.165, 1.54) is 0 Å². The van der Waals surface area contributed by atoms with Gasteiger partial charge in [-0.25, -0.2) is 9.59 Å². The first-order valence-electron chi connectivity index (χ1n) is 25.6. The van der Waals surface area contributed by atoms with Crippen LogP contribution in [0.4, 0.5) is 9.59 Å². The molecule has 18 nitrogen and oxygen atoms in total. The van der Waals surface area contributed by atoms with E-state index in [0.717, 1.165) is 33.4 Å². The number of rotatable bonds is 28. The Kier molecular flexibility index (Phi) is 27.6. The number of urea groups is 2. The van der Waals surface area contributed by atoms with E-state index in [0.29, 0.717) is 36.8 Å². The zero-order valence-electron chi connectivity index (χ0n) is 46.0. The van der Waals surface area contributed by atoms with Crippen LogP contribution in [0.25, 0.3) is 0 Å². The Bertz CT molecular complexity index is 2310. The molecule has 76 heavy (non-hydrogen) atoms. The van der Waals surface area contributed by atoms with Gasteiger partial charge in [0.2, 0.25) is 0 Å². The summed E-state index contributed by atoms with van der Waals surface area (Å²) in [5.74, 6) is -4.19. The maximum absolute atomic E-state index is 13.3. The van der Waals surface area contributed by atoms with Gasteiger partial charge in [-0.05, 0) is 113 Å². The van der Waals surface area contributed by atoms with Gasteiger partial charge >= 0.3 is 35.9 Å². The van der Waals surface area contributed by atoms with E-state index >= 15 is 0 Å². The molecular weight excluding hydrogens is 973 g/mol. The summed E-state index contributed by atoms with van der Waals surface area (Å²) < 4.78 is 11.0. The lowest BCUT2D eigenvalue weighted by Gasteiger charge is -2.36. The van der Waals surface area contributed by atoms with Gasteiger partial charge in [0, 0.05) is 25.9 Å². The summed E-state index contributed by atoms with van der Waals surface area (Å²) in [6.45, 7) is 19.0. The molecule has 0 saturated carbocycles. The molecule has 0 bridgehead atoms. The van der Waals surface area contributed by atoms with Gasteiger partial charge in [0.05, 0.1) is 0 Å². The topological polar surface area (TPSA) is 296 Å². The third kappa shape index (κ3) is 24.0. The average molecular weight is 1060 g/mol. The lowest BCUT2D eigenvalue weighted by atomic mass is 9.71. The third-order valence-electron chi connectivity index (χ3n) is 12.7. The molecule has 0 saturated heterocycles. The van der Waals surface area contributed by atoms with E-state index in [1.807, 2.05) is 140 Å². The number of allylic oxidation sites excluding steroid dienone is 20. The van der Waals surface area contributed by atoms with Crippen LogP contribution in [0, 0.1) is 10.8 Å². The molecule has 0 aliphatic heterocycles. The molecular formula is C58H82N6O12. The summed E-state index contributed by atoms with van der Waals surface area (Å²) in [4.78, 5) is 97.5. The maximum Gasteiger partial charge on any atom is 0.326 e. The Morgan fingerprint density at radius 2 is 0.882 bits per heavy atom. The van der Waals surface area contributed by atoms with Gasteiger partial charge in [0.15, 0.2) is 23.8 Å². The lowest BCUT2D eigenvalue weighted by molar-refractivity contribution is -0.155. The second-order valence-electron chi connectivity index (χ2n) is 20.5. The van der Waals surface area contributed by atoms with Crippen LogP contribution in [0.3, 0.4) is 0 Å². The average Bonchev–Trinajstić information content (AvgIpc) is 3.33. The van der Waals surface area contributed by atoms with Crippen LogP contribution in [-0.4, -0.2) is 108 Å². The summed E-state index contributed by atoms with van der Waals surface area (Å²) in [5, 5.41) is 27.7. The lowest BCUT2D eigenvalue weighted by Crippen LogP contribution is -2.43. The summed E-state index contributed by atoms with van der Waals surface area (Å²) >= 11 is 0. The number of amides is 4. The number of carboxylic acid groups (broad SMARTS) is 2. The van der Waals surface area contributed by atoms with E-state index < -0.39 is 84.2 Å². The summed E-state index contributed by atoms with van der Waals surface area (Å²) in [6, 6.07) is -3.06. The van der Waals surface area contributed by atoms with E-state index in [4.69, 9.17) is 31.2 Å². The molecule has 10 N–H and O–H groups in total. The molecule has 4 amide bonds. The standard InChI is InChI=1S/C58H82N6O12/c1-37(21-17-23-39(3)27-29-43-41(5)51(67)47(33-57(43,7)8)75-49(65)35-63-55(73)61-31-15-13-25-45(59)53(69)70)19-11-12-20-38(2)22-18-24-40(4)28-30-44-42(6)52(68)48(34-58(44,9)10)76-50(66)36-64-56(74)62-32-16-14-26-46(60)54(71)72/h11-12,17-24,27-30,45-48H,13-16,25-26,31-36,59-60H2,1-10H3,(H,69,70)(H,71,72)(H2,61,63,73)(H2,62,64,74)/b12-11+,21-17+,22-18+,29-27+,30-28+,37-19+,38-20+,39-23+,40-24+. The van der Waals surface area contributed by atoms with Crippen LogP contribution in [0.1, 0.15) is 121 Å². The van der Waals surface area contributed by atoms with E-state index in [2.05, 4.69) is 21.3 Å². The van der Waals surface area contributed by atoms with E-state index in [9.17, 15) is 38.4 Å². The summed E-state index contributed by atoms with van der Waals surface area (Å²) in [7, 11) is 0. The molecule has 0 aromatic heterocycles. The smallest absolute Gasteiger partial charge is 0.326 e. The van der Waals surface area contributed by atoms with Crippen molar-refractivity contribution in [3.05, 3.63) is 130 Å². The molecule has 0 aromatic rings. The number of aliphatic carboxylic acids is 2. The Morgan fingerprint density at radius 3 is 1.22 bits per heavy atom. The van der Waals surface area contributed by atoms with Gasteiger partial charge in [0.1, 0.15) is 25.2 Å². The number of carbonyl (C=O) groups is 8. The zero-order valence-corrected chi connectivity index (χ0v) is 46.0. The summed E-state index contributed by atoms with van der Waals surface area (Å²) in [5.41, 5.74) is 16.7. The number of carboxylic acids is 2. The van der Waals surface area contributed by atoms with Gasteiger partial charge in [-0.15, -0.1) is 0 Å². The number of Topliss-reactive ketones (excluding diaryl/α,β-unsaturated/α-hetero) is 2. The van der Waals surface area contributed by atoms with Crippen molar-refractivity contribution >= 4 is 47.5 Å². The highest BCUT2D eigenvalue weighted by Crippen LogP contribution is 2.42. The Morgan fingerprint density at radius 1 is 0.553 bits per heavy atom. The van der Waals surface area contributed by atoms with Crippen molar-refractivity contribution in [1.29, 1.82) is 0 Å². The molecule has 416 valence electrons. The van der Waals surface area contributed by atoms with Gasteiger partial charge in [-0.2, -0.15) is 0 Å². The van der Waals surface area contributed by atoms with Crippen LogP contribution < -0.4 is 32.7 Å². The predicted octanol–water partition coefficient (Wildman–Crippen LogP) is 7.77. The molecule has 2 rings (SSSR count). The molecule has 4 unspecified atom stereocenters. The van der Waals surface area contributed by atoms with Crippen molar-refractivity contribution in [2.45, 2.75) is 145 Å². The van der Waals surface area contributed by atoms with Crippen molar-refractivity contribution in [1.82, 2.24) is 21.3 Å². The highest BCUT2D eigenvalue weighted by molar-refractivity contribution is 6.02. The van der Waals surface area contributed by atoms with Crippen LogP contribution in [0.5, 0.6) is 0 Å². The second-order valence-corrected chi connectivity index (χ2v) is 20.5. The monoisotopic (exact) mass is 1050 g/mol. The van der Waals surface area contributed by atoms with Crippen molar-refractivity contribution in [2.24, 2.45) is 22.3 Å². The number of nitrogens with two attached hydrogens (primary N) is 2. The normalized spacial score (nSPS) is 19.5. The quantitative estimate of drug-likeness (QED) is 0.0211. The van der Waals surface area contributed by atoms with Gasteiger partial charge < -0.3 is 52.4 Å². The first-order chi connectivity index (χ1) is 35.6. The number of esters is 2. The molecule has 2 aliphatic carbocycles. The van der Waals surface area contributed by atoms with Crippen LogP contribution in [-0.2, 0) is 38.2 Å². The first kappa shape index (κ1) is 64.9. The minimum atomic E-state index is -1.08. The fourth-order valence-corrected chi connectivity index (χ4v) is 8.22. The van der Waals surface area contributed by atoms with Crippen molar-refractivity contribution < 1.29 is 58.0 Å². The molecule has 0 aromatic carbocycles. The predicted molar refractivity (Wildman–Crippen MR) is 294 cm³/mol. The van der Waals surface area contributed by atoms with Crippen molar-refractivity contribution in [3.8, 4) is 0 Å². The van der Waals surface area contributed by atoms with Crippen LogP contribution in [0.2, 0.25) is 0 Å². The molecule has 0 radical (unpaired) electrons. The molecule has 4 atom stereocenters. The minimum Gasteiger partial charge on any atom is -0.480 e. The Hall–Kier alpha value is -7.18. The van der Waals surface area contributed by atoms with E-state index in [1.54, 1.807) is 13.8 Å². The molecule has 2 aliphatic rings. The Labute approximate surface area is 448 Å². The maximum atomic E-state index is 13.3. The zero-order chi connectivity index (χ0) is 57.2. The van der Waals surface area contributed by atoms with E-state index in [-0.39, 0.29) is 50.3 Å². The fourth-order valence-electron chi connectivity index (χ4n) is 8.22. The van der Waals surface area contributed by atoms with Crippen molar-refractivity contribution in [2.75, 3.05) is 26.2 Å². The van der Waals surface area contributed by atoms with Gasteiger partial charge in [0.25, 0.3) is 0 Å². The molecule has 0 heterocycles. The number of nitrogens with one attached hydrogen (secondary N) is 4. The molecule has 18 heteroatoms. The van der Waals surface area contributed by atoms with Crippen molar-refractivity contribution in [3.63, 3.8) is 0 Å². The number of ketones is 2. The van der Waals surface area contributed by atoms with Gasteiger partial charge in [-0.3, -0.25) is 28.8 Å². The highest BCUT2D eigenvalue weighted by atomic mass is 16.6. The summed E-state index contributed by atoms with van der Waals surface area (Å²) in [6.07, 6.45) is 28.8. The van der Waals surface area contributed by atoms with Gasteiger partial charge in [-0.1, -0.05) is 135 Å². The molecule has 0 fully saturated rings. The largest absolute Gasteiger partial charge is 0.480 e. The third-order valence-corrected chi connectivity index (χ3v) is 12.7. The SMILES string of the molecule is CC1=C(/C=C/C(C)=C/C=C/C(C)=C/C=C/C=C(C)/C=C/C=C(C)/C=C/C2=C(C)C(=O)C(OC(=O)CNC(=O)NCCCCC(N)C(=O)O)CC2(C)C)C(C)(C)CC(OC(=O)CNC(=O)NCCCCC(N)C(=O)O)C1=O.